The molecule has 2 aliphatic heterocycles. The van der Waals surface area contributed by atoms with Gasteiger partial charge >= 0.3 is 0 Å². The molecule has 2 amide bonds. The first-order valence-corrected chi connectivity index (χ1v) is 11.3. The molecule has 8 heteroatoms. The third-order valence-electron chi connectivity index (χ3n) is 5.97. The van der Waals surface area contributed by atoms with E-state index in [2.05, 4.69) is 15.9 Å². The van der Waals surface area contributed by atoms with E-state index >= 15 is 0 Å². The molecule has 0 radical (unpaired) electrons. The molecule has 2 aliphatic rings. The van der Waals surface area contributed by atoms with Crippen molar-refractivity contribution in [2.45, 2.75) is 13.0 Å². The van der Waals surface area contributed by atoms with Gasteiger partial charge in [0.25, 0.3) is 0 Å². The number of anilines is 1. The third-order valence-corrected chi connectivity index (χ3v) is 6.21. The molecular weight excluding hydrogens is 447 g/mol. The van der Waals surface area contributed by atoms with Gasteiger partial charge in [-0.3, -0.25) is 24.3 Å². The van der Waals surface area contributed by atoms with E-state index in [1.807, 2.05) is 53.4 Å². The van der Waals surface area contributed by atoms with E-state index in [9.17, 15) is 9.59 Å². The highest BCUT2D eigenvalue weighted by Gasteiger charge is 2.30. The number of piperazine rings is 2. The molecule has 32 heavy (non-hydrogen) atoms. The molecule has 0 spiro atoms. The number of rotatable bonds is 7. The predicted octanol–water partition coefficient (Wildman–Crippen LogP) is 3.14. The van der Waals surface area contributed by atoms with E-state index in [1.54, 1.807) is 0 Å². The number of benzene rings is 2. The van der Waals surface area contributed by atoms with Crippen LogP contribution < -0.4 is 4.90 Å². The van der Waals surface area contributed by atoms with Gasteiger partial charge in [0.2, 0.25) is 11.8 Å². The Morgan fingerprint density at radius 1 is 0.781 bits per heavy atom. The van der Waals surface area contributed by atoms with Crippen LogP contribution in [0.1, 0.15) is 12.0 Å². The summed E-state index contributed by atoms with van der Waals surface area (Å²) < 4.78 is 0. The van der Waals surface area contributed by atoms with E-state index in [0.717, 1.165) is 55.4 Å². The monoisotopic (exact) mass is 476 g/mol. The molecule has 4 rings (SSSR count). The van der Waals surface area contributed by atoms with Gasteiger partial charge in [-0.15, -0.1) is 12.4 Å². The zero-order valence-corrected chi connectivity index (χ0v) is 19.7. The molecule has 0 atom stereocenters. The Labute approximate surface area is 201 Å². The quantitative estimate of drug-likeness (QED) is 0.574. The first kappa shape index (κ1) is 24.5. The Balaban J connectivity index is 0.00000289. The summed E-state index contributed by atoms with van der Waals surface area (Å²) in [5, 5.41) is 0.762. The summed E-state index contributed by atoms with van der Waals surface area (Å²) in [5.74, 6) is -0.170. The van der Waals surface area contributed by atoms with Gasteiger partial charge in [-0.2, -0.15) is 0 Å². The zero-order valence-electron chi connectivity index (χ0n) is 18.2. The fourth-order valence-electron chi connectivity index (χ4n) is 4.31. The summed E-state index contributed by atoms with van der Waals surface area (Å²) in [6, 6.07) is 17.9. The van der Waals surface area contributed by atoms with Gasteiger partial charge in [0.1, 0.15) is 0 Å². The Morgan fingerprint density at radius 2 is 1.47 bits per heavy atom. The molecule has 0 aromatic heterocycles. The lowest BCUT2D eigenvalue weighted by Gasteiger charge is -2.37. The average molecular weight is 477 g/mol. The summed E-state index contributed by atoms with van der Waals surface area (Å²) in [4.78, 5) is 33.2. The molecule has 2 aromatic carbocycles. The van der Waals surface area contributed by atoms with Crippen molar-refractivity contribution >= 4 is 41.5 Å². The number of nitrogens with zero attached hydrogens (tertiary/aromatic N) is 4. The summed E-state index contributed by atoms with van der Waals surface area (Å²) in [7, 11) is 0. The summed E-state index contributed by atoms with van der Waals surface area (Å²) in [6.07, 6.45) is 0.813. The standard InChI is InChI=1S/C24H29ClN4O2.ClH/c25-21-8-4-9-22(16-21)28-14-12-26(13-15-28)10-5-11-29-23(30)18-27(19-24(29)31)17-20-6-2-1-3-7-20;/h1-4,6-9,16H,5,10-15,17-19H2;1H. The highest BCUT2D eigenvalue weighted by Crippen LogP contribution is 2.21. The van der Waals surface area contributed by atoms with Crippen LogP contribution >= 0.6 is 24.0 Å². The second-order valence-corrected chi connectivity index (χ2v) is 8.67. The number of carbonyl (C=O) groups excluding carboxylic acids is 2. The first-order valence-electron chi connectivity index (χ1n) is 10.9. The van der Waals surface area contributed by atoms with Crippen LogP contribution in [0.15, 0.2) is 54.6 Å². The molecule has 0 bridgehead atoms. The lowest BCUT2D eigenvalue weighted by molar-refractivity contribution is -0.151. The normalized spacial score (nSPS) is 18.0. The van der Waals surface area contributed by atoms with Gasteiger partial charge in [0.15, 0.2) is 0 Å². The average Bonchev–Trinajstić information content (AvgIpc) is 2.77. The van der Waals surface area contributed by atoms with E-state index in [0.29, 0.717) is 26.2 Å². The van der Waals surface area contributed by atoms with Gasteiger partial charge in [-0.05, 0) is 36.7 Å². The number of halogens is 2. The van der Waals surface area contributed by atoms with Gasteiger partial charge in [0.05, 0.1) is 13.1 Å². The van der Waals surface area contributed by atoms with Crippen molar-refractivity contribution in [3.05, 3.63) is 65.2 Å². The van der Waals surface area contributed by atoms with Crippen molar-refractivity contribution in [2.75, 3.05) is 57.3 Å². The second kappa shape index (κ2) is 11.7. The smallest absolute Gasteiger partial charge is 0.243 e. The minimum atomic E-state index is -0.0852. The molecule has 0 unspecified atom stereocenters. The fraction of sp³-hybridized carbons (Fsp3) is 0.417. The SMILES string of the molecule is Cl.O=C1CN(Cc2ccccc2)CC(=O)N1CCCN1CCN(c2cccc(Cl)c2)CC1. The summed E-state index contributed by atoms with van der Waals surface area (Å²) in [6.45, 7) is 6.49. The highest BCUT2D eigenvalue weighted by molar-refractivity contribution is 6.30. The Kier molecular flexibility index (Phi) is 8.93. The van der Waals surface area contributed by atoms with Crippen molar-refractivity contribution in [2.24, 2.45) is 0 Å². The molecule has 0 saturated carbocycles. The van der Waals surface area contributed by atoms with Crippen LogP contribution in [0.2, 0.25) is 5.02 Å². The van der Waals surface area contributed by atoms with E-state index in [1.165, 1.54) is 4.90 Å². The number of carbonyl (C=O) groups is 2. The van der Waals surface area contributed by atoms with E-state index < -0.39 is 0 Å². The van der Waals surface area contributed by atoms with Gasteiger partial charge < -0.3 is 4.90 Å². The van der Waals surface area contributed by atoms with Crippen molar-refractivity contribution < 1.29 is 9.59 Å². The van der Waals surface area contributed by atoms with Crippen molar-refractivity contribution in [1.29, 1.82) is 0 Å². The van der Waals surface area contributed by atoms with Crippen molar-refractivity contribution in [3.8, 4) is 0 Å². The maximum absolute atomic E-state index is 12.5. The molecule has 2 fully saturated rings. The van der Waals surface area contributed by atoms with E-state index in [4.69, 9.17) is 11.6 Å². The molecule has 6 nitrogen and oxygen atoms in total. The van der Waals surface area contributed by atoms with Crippen LogP contribution in [0.4, 0.5) is 5.69 Å². The number of hydrogen-bond acceptors (Lipinski definition) is 5. The van der Waals surface area contributed by atoms with Crippen LogP contribution in [0.3, 0.4) is 0 Å². The number of imide groups is 1. The van der Waals surface area contributed by atoms with Crippen molar-refractivity contribution in [1.82, 2.24) is 14.7 Å². The summed E-state index contributed by atoms with van der Waals surface area (Å²) >= 11 is 6.11. The Hall–Kier alpha value is -2.12. The largest absolute Gasteiger partial charge is 0.369 e. The second-order valence-electron chi connectivity index (χ2n) is 8.23. The lowest BCUT2D eigenvalue weighted by atomic mass is 10.2. The maximum Gasteiger partial charge on any atom is 0.243 e. The topological polar surface area (TPSA) is 47.1 Å². The highest BCUT2D eigenvalue weighted by atomic mass is 35.5. The predicted molar refractivity (Wildman–Crippen MR) is 130 cm³/mol. The zero-order chi connectivity index (χ0) is 21.6. The lowest BCUT2D eigenvalue weighted by Crippen LogP contribution is -2.54. The summed E-state index contributed by atoms with van der Waals surface area (Å²) in [5.41, 5.74) is 2.28. The molecule has 2 heterocycles. The first-order chi connectivity index (χ1) is 15.1. The molecule has 0 N–H and O–H groups in total. The molecule has 0 aliphatic carbocycles. The minimum absolute atomic E-state index is 0. The van der Waals surface area contributed by atoms with Gasteiger partial charge in [0, 0.05) is 50.0 Å². The van der Waals surface area contributed by atoms with Crippen LogP contribution in [0.5, 0.6) is 0 Å². The van der Waals surface area contributed by atoms with Gasteiger partial charge in [-0.1, -0.05) is 48.0 Å². The van der Waals surface area contributed by atoms with Crippen LogP contribution in [-0.2, 0) is 16.1 Å². The third kappa shape index (κ3) is 6.45. The minimum Gasteiger partial charge on any atom is -0.369 e. The van der Waals surface area contributed by atoms with Gasteiger partial charge in [-0.25, -0.2) is 0 Å². The fourth-order valence-corrected chi connectivity index (χ4v) is 4.49. The Morgan fingerprint density at radius 3 is 2.12 bits per heavy atom. The van der Waals surface area contributed by atoms with Crippen LogP contribution in [0.25, 0.3) is 0 Å². The molecule has 2 aromatic rings. The Bertz CT molecular complexity index is 886. The molecular formula is C24H30Cl2N4O2. The molecule has 2 saturated heterocycles. The number of amides is 2. The number of hydrogen-bond donors (Lipinski definition) is 0. The van der Waals surface area contributed by atoms with Crippen molar-refractivity contribution in [3.63, 3.8) is 0 Å². The van der Waals surface area contributed by atoms with E-state index in [-0.39, 0.29) is 24.2 Å². The maximum atomic E-state index is 12.5. The van der Waals surface area contributed by atoms with Crippen LogP contribution in [-0.4, -0.2) is 78.9 Å². The van der Waals surface area contributed by atoms with Crippen LogP contribution in [0, 0.1) is 0 Å². The molecule has 172 valence electrons.